The van der Waals surface area contributed by atoms with Gasteiger partial charge in [0, 0.05) is 7.11 Å². The van der Waals surface area contributed by atoms with Gasteiger partial charge in [0.15, 0.2) is 6.10 Å². The molecule has 3 unspecified atom stereocenters. The predicted octanol–water partition coefficient (Wildman–Crippen LogP) is 2.90. The molecular weight excluding hydrogens is 202 g/mol. The van der Waals surface area contributed by atoms with Crippen LogP contribution in [0.2, 0.25) is 0 Å². The lowest BCUT2D eigenvalue weighted by Gasteiger charge is -2.23. The van der Waals surface area contributed by atoms with Crippen LogP contribution in [0.25, 0.3) is 0 Å². The molecule has 3 nitrogen and oxygen atoms in total. The van der Waals surface area contributed by atoms with Crippen molar-refractivity contribution in [2.45, 2.75) is 64.3 Å². The summed E-state index contributed by atoms with van der Waals surface area (Å²) in [5.74, 6) is 0.635. The van der Waals surface area contributed by atoms with Crippen molar-refractivity contribution in [1.82, 2.24) is 0 Å². The maximum Gasteiger partial charge on any atom is 0.170 e. The number of epoxide rings is 1. The van der Waals surface area contributed by atoms with E-state index in [9.17, 15) is 0 Å². The number of rotatable bonds is 7. The Kier molecular flexibility index (Phi) is 4.76. The molecule has 0 N–H and O–H groups in total. The standard InChI is InChI=1S/C13H23NO2/c1-10(8-11-12(9-14)16-11)6-5-7-13(2,3)15-4/h10-12H,5-8H2,1-4H3. The van der Waals surface area contributed by atoms with Gasteiger partial charge in [-0.1, -0.05) is 19.8 Å². The molecule has 92 valence electrons. The summed E-state index contributed by atoms with van der Waals surface area (Å²) >= 11 is 0. The minimum atomic E-state index is -0.127. The summed E-state index contributed by atoms with van der Waals surface area (Å²) in [6.07, 6.45) is 4.54. The molecule has 0 aliphatic carbocycles. The second-order valence-electron chi connectivity index (χ2n) is 5.42. The third kappa shape index (κ3) is 4.51. The van der Waals surface area contributed by atoms with Crippen molar-refractivity contribution in [3.05, 3.63) is 0 Å². The maximum absolute atomic E-state index is 8.61. The average Bonchev–Trinajstić information content (AvgIpc) is 2.96. The van der Waals surface area contributed by atoms with E-state index in [4.69, 9.17) is 14.7 Å². The normalized spacial score (nSPS) is 26.2. The van der Waals surface area contributed by atoms with Gasteiger partial charge >= 0.3 is 0 Å². The molecule has 0 aromatic carbocycles. The van der Waals surface area contributed by atoms with Crippen LogP contribution in [0, 0.1) is 17.2 Å². The minimum Gasteiger partial charge on any atom is -0.379 e. The third-order valence-electron chi connectivity index (χ3n) is 3.37. The summed E-state index contributed by atoms with van der Waals surface area (Å²) in [5.41, 5.74) is -0.00894. The van der Waals surface area contributed by atoms with Crippen LogP contribution in [-0.4, -0.2) is 24.9 Å². The summed E-state index contributed by atoms with van der Waals surface area (Å²) in [7, 11) is 1.76. The molecule has 0 spiro atoms. The van der Waals surface area contributed by atoms with E-state index < -0.39 is 0 Å². The van der Waals surface area contributed by atoms with Gasteiger partial charge in [0.25, 0.3) is 0 Å². The molecule has 1 fully saturated rings. The molecular formula is C13H23NO2. The molecule has 16 heavy (non-hydrogen) atoms. The van der Waals surface area contributed by atoms with Crippen molar-refractivity contribution in [1.29, 1.82) is 5.26 Å². The van der Waals surface area contributed by atoms with Crippen LogP contribution < -0.4 is 0 Å². The molecule has 0 amide bonds. The molecule has 0 aromatic heterocycles. The van der Waals surface area contributed by atoms with Gasteiger partial charge in [-0.15, -0.1) is 0 Å². The molecule has 0 aromatic rings. The van der Waals surface area contributed by atoms with Crippen LogP contribution in [0.4, 0.5) is 0 Å². The van der Waals surface area contributed by atoms with Crippen molar-refractivity contribution in [2.75, 3.05) is 7.11 Å². The van der Waals surface area contributed by atoms with Gasteiger partial charge in [0.1, 0.15) is 0 Å². The first-order chi connectivity index (χ1) is 7.48. The highest BCUT2D eigenvalue weighted by Gasteiger charge is 2.39. The summed E-state index contributed by atoms with van der Waals surface area (Å²) in [6, 6.07) is 2.14. The highest BCUT2D eigenvalue weighted by Crippen LogP contribution is 2.30. The van der Waals surface area contributed by atoms with Crippen LogP contribution in [0.3, 0.4) is 0 Å². The van der Waals surface area contributed by atoms with Crippen LogP contribution in [0.5, 0.6) is 0 Å². The molecule has 3 heteroatoms. The van der Waals surface area contributed by atoms with Crippen LogP contribution in [0.1, 0.15) is 46.5 Å². The molecule has 0 bridgehead atoms. The highest BCUT2D eigenvalue weighted by atomic mass is 16.6. The fourth-order valence-corrected chi connectivity index (χ4v) is 1.93. The van der Waals surface area contributed by atoms with Gasteiger partial charge in [-0.05, 0) is 32.6 Å². The number of methoxy groups -OCH3 is 1. The second kappa shape index (κ2) is 5.65. The Balaban J connectivity index is 2.07. The zero-order valence-corrected chi connectivity index (χ0v) is 10.8. The molecule has 1 rings (SSSR count). The monoisotopic (exact) mass is 225 g/mol. The van der Waals surface area contributed by atoms with E-state index in [1.165, 1.54) is 12.8 Å². The largest absolute Gasteiger partial charge is 0.379 e. The topological polar surface area (TPSA) is 45.5 Å². The molecule has 0 radical (unpaired) electrons. The lowest BCUT2D eigenvalue weighted by Crippen LogP contribution is -2.22. The fraction of sp³-hybridized carbons (Fsp3) is 0.923. The first kappa shape index (κ1) is 13.5. The minimum absolute atomic E-state index is 0.00894. The van der Waals surface area contributed by atoms with Crippen molar-refractivity contribution in [2.24, 2.45) is 5.92 Å². The molecule has 1 aliphatic heterocycles. The molecule has 1 aliphatic rings. The van der Waals surface area contributed by atoms with Crippen molar-refractivity contribution < 1.29 is 9.47 Å². The number of ether oxygens (including phenoxy) is 2. The van der Waals surface area contributed by atoms with Gasteiger partial charge in [-0.25, -0.2) is 0 Å². The van der Waals surface area contributed by atoms with Crippen molar-refractivity contribution >= 4 is 0 Å². The SMILES string of the molecule is COC(C)(C)CCCC(C)CC1OC1C#N. The zero-order chi connectivity index (χ0) is 12.2. The smallest absolute Gasteiger partial charge is 0.170 e. The van der Waals surface area contributed by atoms with Crippen LogP contribution in [-0.2, 0) is 9.47 Å². The Labute approximate surface area is 98.7 Å². The Morgan fingerprint density at radius 2 is 2.19 bits per heavy atom. The summed E-state index contributed by atoms with van der Waals surface area (Å²) in [4.78, 5) is 0. The first-order valence-electron chi connectivity index (χ1n) is 6.09. The lowest BCUT2D eigenvalue weighted by molar-refractivity contribution is 0.0126. The average molecular weight is 225 g/mol. The molecule has 0 saturated carbocycles. The van der Waals surface area contributed by atoms with E-state index in [2.05, 4.69) is 26.8 Å². The van der Waals surface area contributed by atoms with Crippen molar-refractivity contribution in [3.8, 4) is 6.07 Å². The van der Waals surface area contributed by atoms with Crippen molar-refractivity contribution in [3.63, 3.8) is 0 Å². The number of hydrogen-bond acceptors (Lipinski definition) is 3. The van der Waals surface area contributed by atoms with E-state index in [1.807, 2.05) is 0 Å². The van der Waals surface area contributed by atoms with Gasteiger partial charge < -0.3 is 9.47 Å². The van der Waals surface area contributed by atoms with E-state index in [0.717, 1.165) is 12.8 Å². The number of hydrogen-bond donors (Lipinski definition) is 0. The van der Waals surface area contributed by atoms with E-state index in [-0.39, 0.29) is 17.8 Å². The highest BCUT2D eigenvalue weighted by molar-refractivity contribution is 5.02. The quantitative estimate of drug-likeness (QED) is 0.626. The van der Waals surface area contributed by atoms with Gasteiger partial charge in [0.05, 0.1) is 17.8 Å². The van der Waals surface area contributed by atoms with Crippen LogP contribution in [0.15, 0.2) is 0 Å². The van der Waals surface area contributed by atoms with Crippen LogP contribution >= 0.6 is 0 Å². The van der Waals surface area contributed by atoms with Gasteiger partial charge in [-0.2, -0.15) is 5.26 Å². The number of nitriles is 1. The Morgan fingerprint density at radius 1 is 1.50 bits per heavy atom. The Bertz CT molecular complexity index is 257. The molecule has 1 saturated heterocycles. The first-order valence-corrected chi connectivity index (χ1v) is 6.09. The summed E-state index contributed by atoms with van der Waals surface area (Å²) in [6.45, 7) is 6.47. The Hall–Kier alpha value is -0.590. The molecule has 1 heterocycles. The number of nitrogens with zero attached hydrogens (tertiary/aromatic N) is 1. The maximum atomic E-state index is 8.61. The fourth-order valence-electron chi connectivity index (χ4n) is 1.93. The van der Waals surface area contributed by atoms with E-state index in [0.29, 0.717) is 5.92 Å². The second-order valence-corrected chi connectivity index (χ2v) is 5.42. The summed E-state index contributed by atoms with van der Waals surface area (Å²) < 4.78 is 10.6. The van der Waals surface area contributed by atoms with Gasteiger partial charge in [0.2, 0.25) is 0 Å². The predicted molar refractivity (Wildman–Crippen MR) is 63.0 cm³/mol. The third-order valence-corrected chi connectivity index (χ3v) is 3.37. The van der Waals surface area contributed by atoms with E-state index in [1.54, 1.807) is 7.11 Å². The Morgan fingerprint density at radius 3 is 2.69 bits per heavy atom. The summed E-state index contributed by atoms with van der Waals surface area (Å²) in [5, 5.41) is 8.61. The zero-order valence-electron chi connectivity index (χ0n) is 10.8. The van der Waals surface area contributed by atoms with Gasteiger partial charge in [-0.3, -0.25) is 0 Å². The molecule has 3 atom stereocenters. The lowest BCUT2D eigenvalue weighted by atomic mass is 9.94. The van der Waals surface area contributed by atoms with E-state index >= 15 is 0 Å².